The van der Waals surface area contributed by atoms with Crippen molar-refractivity contribution in [2.45, 2.75) is 6.92 Å². The molecule has 12 heavy (non-hydrogen) atoms. The minimum absolute atomic E-state index is 0.115. The summed E-state index contributed by atoms with van der Waals surface area (Å²) in [6.45, 7) is 1.76. The Balaban J connectivity index is 3.54. The molecule has 0 radical (unpaired) electrons. The third kappa shape index (κ3) is 5.01. The Labute approximate surface area is 75.7 Å². The van der Waals surface area contributed by atoms with Gasteiger partial charge in [-0.25, -0.2) is 0 Å². The lowest BCUT2D eigenvalue weighted by Crippen LogP contribution is -2.32. The van der Waals surface area contributed by atoms with E-state index in [1.54, 1.807) is 6.92 Å². The normalized spacial score (nSPS) is 12.2. The number of thioether (sulfide) groups is 1. The maximum Gasteiger partial charge on any atom is 0.308 e. The second kappa shape index (κ2) is 5.88. The van der Waals surface area contributed by atoms with Crippen molar-refractivity contribution in [3.8, 4) is 0 Å². The summed E-state index contributed by atoms with van der Waals surface area (Å²) in [5, 5.41) is 11.0. The molecule has 0 bridgehead atoms. The molecule has 0 aromatic heterocycles. The van der Waals surface area contributed by atoms with E-state index >= 15 is 0 Å². The van der Waals surface area contributed by atoms with Crippen LogP contribution in [-0.2, 0) is 9.59 Å². The Morgan fingerprint density at radius 2 is 2.17 bits per heavy atom. The minimum Gasteiger partial charge on any atom is -0.481 e. The van der Waals surface area contributed by atoms with Crippen LogP contribution in [0.15, 0.2) is 0 Å². The fraction of sp³-hybridized carbons (Fsp3) is 0.714. The molecule has 0 aromatic rings. The number of nitrogens with one attached hydrogen (secondary N) is 1. The Bertz CT molecular complexity index is 172. The molecule has 0 saturated heterocycles. The molecular formula is C7H13NO3S. The number of hydrogen-bond acceptors (Lipinski definition) is 3. The van der Waals surface area contributed by atoms with Gasteiger partial charge >= 0.3 is 5.97 Å². The van der Waals surface area contributed by atoms with Crippen LogP contribution in [0.2, 0.25) is 0 Å². The van der Waals surface area contributed by atoms with Crippen LogP contribution in [0.3, 0.4) is 0 Å². The van der Waals surface area contributed by atoms with Gasteiger partial charge in [0, 0.05) is 6.54 Å². The standard InChI is InChI=1S/C7H13NO3S/c1-5(7(10)11)3-8-6(9)4-12-2/h5H,3-4H2,1-2H3,(H,8,9)(H,10,11). The minimum atomic E-state index is -0.889. The highest BCUT2D eigenvalue weighted by Crippen LogP contribution is 1.93. The van der Waals surface area contributed by atoms with E-state index in [4.69, 9.17) is 5.11 Å². The lowest BCUT2D eigenvalue weighted by molar-refractivity contribution is -0.141. The number of carboxylic acids is 1. The van der Waals surface area contributed by atoms with E-state index in [1.807, 2.05) is 6.26 Å². The third-order valence-corrected chi connectivity index (χ3v) is 1.85. The Hall–Kier alpha value is -0.710. The topological polar surface area (TPSA) is 66.4 Å². The molecule has 0 fully saturated rings. The SMILES string of the molecule is CSCC(=O)NCC(C)C(=O)O. The average molecular weight is 191 g/mol. The second-order valence-corrected chi connectivity index (χ2v) is 3.34. The second-order valence-electron chi connectivity index (χ2n) is 2.48. The van der Waals surface area contributed by atoms with Gasteiger partial charge in [-0.15, -0.1) is 0 Å². The van der Waals surface area contributed by atoms with Crippen LogP contribution in [0.1, 0.15) is 6.92 Å². The molecule has 4 nitrogen and oxygen atoms in total. The lowest BCUT2D eigenvalue weighted by atomic mass is 10.2. The van der Waals surface area contributed by atoms with Crippen LogP contribution in [-0.4, -0.2) is 35.5 Å². The summed E-state index contributed by atoms with van der Waals surface area (Å²) in [6.07, 6.45) is 1.82. The van der Waals surface area contributed by atoms with Crippen molar-refractivity contribution >= 4 is 23.6 Å². The molecule has 0 rings (SSSR count). The van der Waals surface area contributed by atoms with E-state index in [0.29, 0.717) is 5.75 Å². The van der Waals surface area contributed by atoms with Crippen molar-refractivity contribution in [1.29, 1.82) is 0 Å². The van der Waals surface area contributed by atoms with Crippen molar-refractivity contribution < 1.29 is 14.7 Å². The van der Waals surface area contributed by atoms with Crippen molar-refractivity contribution in [3.63, 3.8) is 0 Å². The maximum atomic E-state index is 10.8. The van der Waals surface area contributed by atoms with Gasteiger partial charge in [-0.05, 0) is 6.26 Å². The molecule has 1 atom stereocenters. The molecule has 0 heterocycles. The largest absolute Gasteiger partial charge is 0.481 e. The first-order valence-electron chi connectivity index (χ1n) is 3.56. The molecular weight excluding hydrogens is 178 g/mol. The number of aliphatic carboxylic acids is 1. The Morgan fingerprint density at radius 1 is 1.58 bits per heavy atom. The highest BCUT2D eigenvalue weighted by Gasteiger charge is 2.11. The van der Waals surface area contributed by atoms with Gasteiger partial charge < -0.3 is 10.4 Å². The number of rotatable bonds is 5. The van der Waals surface area contributed by atoms with Crippen LogP contribution >= 0.6 is 11.8 Å². The molecule has 2 N–H and O–H groups in total. The highest BCUT2D eigenvalue weighted by molar-refractivity contribution is 7.99. The number of carboxylic acid groups (broad SMARTS) is 1. The zero-order valence-electron chi connectivity index (χ0n) is 7.16. The summed E-state index contributed by atoms with van der Waals surface area (Å²) in [6, 6.07) is 0. The molecule has 0 spiro atoms. The van der Waals surface area contributed by atoms with Crippen molar-refractivity contribution in [3.05, 3.63) is 0 Å². The van der Waals surface area contributed by atoms with Gasteiger partial charge in [0.25, 0.3) is 0 Å². The first kappa shape index (κ1) is 11.3. The third-order valence-electron chi connectivity index (χ3n) is 1.30. The van der Waals surface area contributed by atoms with Gasteiger partial charge in [0.1, 0.15) is 0 Å². The zero-order valence-corrected chi connectivity index (χ0v) is 7.98. The molecule has 0 saturated carbocycles. The van der Waals surface area contributed by atoms with E-state index < -0.39 is 11.9 Å². The van der Waals surface area contributed by atoms with Crippen molar-refractivity contribution in [2.24, 2.45) is 5.92 Å². The summed E-state index contributed by atoms with van der Waals surface area (Å²) in [4.78, 5) is 21.2. The predicted octanol–water partition coefficient (Wildman–Crippen LogP) is 0.186. The fourth-order valence-electron chi connectivity index (χ4n) is 0.536. The summed E-state index contributed by atoms with van der Waals surface area (Å²) >= 11 is 1.41. The monoisotopic (exact) mass is 191 g/mol. The molecule has 0 aliphatic rings. The van der Waals surface area contributed by atoms with Gasteiger partial charge in [-0.2, -0.15) is 11.8 Å². The van der Waals surface area contributed by atoms with Gasteiger partial charge in [0.15, 0.2) is 0 Å². The summed E-state index contributed by atoms with van der Waals surface area (Å²) in [5.74, 6) is -1.14. The molecule has 0 aliphatic heterocycles. The summed E-state index contributed by atoms with van der Waals surface area (Å²) in [5.41, 5.74) is 0. The lowest BCUT2D eigenvalue weighted by Gasteiger charge is -2.06. The average Bonchev–Trinajstić information content (AvgIpc) is 2.00. The van der Waals surface area contributed by atoms with Crippen LogP contribution in [0.5, 0.6) is 0 Å². The van der Waals surface area contributed by atoms with Gasteiger partial charge in [-0.3, -0.25) is 9.59 Å². The van der Waals surface area contributed by atoms with Crippen LogP contribution in [0.25, 0.3) is 0 Å². The fourth-order valence-corrected chi connectivity index (χ4v) is 0.901. The smallest absolute Gasteiger partial charge is 0.308 e. The molecule has 0 aromatic carbocycles. The highest BCUT2D eigenvalue weighted by atomic mass is 32.2. The van der Waals surface area contributed by atoms with Crippen molar-refractivity contribution in [2.75, 3.05) is 18.6 Å². The summed E-state index contributed by atoms with van der Waals surface area (Å²) in [7, 11) is 0. The van der Waals surface area contributed by atoms with Crippen LogP contribution in [0.4, 0.5) is 0 Å². The van der Waals surface area contributed by atoms with Crippen molar-refractivity contribution in [1.82, 2.24) is 5.32 Å². The molecule has 1 unspecified atom stereocenters. The molecule has 70 valence electrons. The quantitative estimate of drug-likeness (QED) is 0.651. The molecule has 5 heteroatoms. The summed E-state index contributed by atoms with van der Waals surface area (Å²) < 4.78 is 0. The Kier molecular flexibility index (Phi) is 5.53. The zero-order chi connectivity index (χ0) is 9.56. The number of amides is 1. The van der Waals surface area contributed by atoms with Crippen LogP contribution in [0, 0.1) is 5.92 Å². The number of carbonyl (C=O) groups excluding carboxylic acids is 1. The van der Waals surface area contributed by atoms with Gasteiger partial charge in [0.05, 0.1) is 11.7 Å². The van der Waals surface area contributed by atoms with E-state index in [1.165, 1.54) is 11.8 Å². The van der Waals surface area contributed by atoms with Crippen LogP contribution < -0.4 is 5.32 Å². The van der Waals surface area contributed by atoms with Gasteiger partial charge in [-0.1, -0.05) is 6.92 Å². The Morgan fingerprint density at radius 3 is 2.58 bits per heavy atom. The number of hydrogen-bond donors (Lipinski definition) is 2. The first-order valence-corrected chi connectivity index (χ1v) is 4.95. The van der Waals surface area contributed by atoms with E-state index in [-0.39, 0.29) is 12.5 Å². The predicted molar refractivity (Wildman–Crippen MR) is 48.2 cm³/mol. The molecule has 0 aliphatic carbocycles. The van der Waals surface area contributed by atoms with E-state index in [0.717, 1.165) is 0 Å². The molecule has 1 amide bonds. The first-order chi connectivity index (χ1) is 5.57. The number of carbonyl (C=O) groups is 2. The van der Waals surface area contributed by atoms with Gasteiger partial charge in [0.2, 0.25) is 5.91 Å². The van der Waals surface area contributed by atoms with E-state index in [2.05, 4.69) is 5.32 Å². The van der Waals surface area contributed by atoms with E-state index in [9.17, 15) is 9.59 Å². The maximum absolute atomic E-state index is 10.8.